The zero-order valence-corrected chi connectivity index (χ0v) is 7.57. The fourth-order valence-corrected chi connectivity index (χ4v) is 0.752. The molecule has 0 aliphatic rings. The highest BCUT2D eigenvalue weighted by Crippen LogP contribution is 2.19. The zero-order valence-electron chi connectivity index (χ0n) is 7.57. The molecule has 15 heavy (non-hydrogen) atoms. The molecular formula is C5H9N3O7. The second kappa shape index (κ2) is 7.55. The van der Waals surface area contributed by atoms with Crippen LogP contribution in [-0.2, 0) is 14.5 Å². The van der Waals surface area contributed by atoms with Gasteiger partial charge < -0.3 is 19.6 Å². The Hall–Kier alpha value is -1.84. The molecule has 0 aliphatic heterocycles. The summed E-state index contributed by atoms with van der Waals surface area (Å²) in [6.45, 7) is -1.79. The van der Waals surface area contributed by atoms with Gasteiger partial charge >= 0.3 is 0 Å². The summed E-state index contributed by atoms with van der Waals surface area (Å²) < 4.78 is 0. The van der Waals surface area contributed by atoms with Gasteiger partial charge in [0, 0.05) is 0 Å². The largest absolute Gasteiger partial charge is 0.395 e. The highest BCUT2D eigenvalue weighted by molar-refractivity contribution is 4.77. The number of nitrogens with zero attached hydrogens (tertiary/aromatic N) is 3. The van der Waals surface area contributed by atoms with Crippen molar-refractivity contribution in [2.45, 2.75) is 0 Å². The van der Waals surface area contributed by atoms with Gasteiger partial charge in [-0.2, -0.15) is 0 Å². The van der Waals surface area contributed by atoms with Crippen LogP contribution < -0.4 is 0 Å². The highest BCUT2D eigenvalue weighted by Gasteiger charge is 2.35. The van der Waals surface area contributed by atoms with Gasteiger partial charge in [-0.15, -0.1) is 14.7 Å². The Labute approximate surface area is 83.3 Å². The maximum atomic E-state index is 9.71. The van der Waals surface area contributed by atoms with Crippen LogP contribution in [0.3, 0.4) is 0 Å². The first-order valence-corrected chi connectivity index (χ1v) is 3.69. The predicted molar refractivity (Wildman–Crippen MR) is 44.8 cm³/mol. The van der Waals surface area contributed by atoms with Crippen molar-refractivity contribution >= 4 is 0 Å². The highest BCUT2D eigenvalue weighted by atomic mass is 16.7. The molecule has 10 heteroatoms. The summed E-state index contributed by atoms with van der Waals surface area (Å²) in [6, 6.07) is 0. The van der Waals surface area contributed by atoms with E-state index in [0.717, 1.165) is 0 Å². The van der Waals surface area contributed by atoms with Crippen molar-refractivity contribution in [3.63, 3.8) is 0 Å². The van der Waals surface area contributed by atoms with Crippen molar-refractivity contribution in [3.8, 4) is 0 Å². The number of aliphatic hydroxyl groups is 1. The number of rotatable bonds is 10. The molecule has 0 fully saturated rings. The molecule has 0 heterocycles. The number of hydrogen-bond acceptors (Lipinski definition) is 10. The Morgan fingerprint density at radius 1 is 0.867 bits per heavy atom. The lowest BCUT2D eigenvalue weighted by Gasteiger charge is -2.25. The van der Waals surface area contributed by atoms with Gasteiger partial charge in [0.1, 0.15) is 25.2 Å². The fourth-order valence-electron chi connectivity index (χ4n) is 0.752. The molecule has 0 aliphatic carbocycles. The van der Waals surface area contributed by atoms with Crippen LogP contribution in [0.25, 0.3) is 0 Å². The van der Waals surface area contributed by atoms with Gasteiger partial charge in [0.2, 0.25) is 0 Å². The van der Waals surface area contributed by atoms with Crippen LogP contribution in [0.4, 0.5) is 0 Å². The van der Waals surface area contributed by atoms with E-state index < -0.39 is 31.8 Å². The Bertz CT molecular complexity index is 180. The van der Waals surface area contributed by atoms with Crippen molar-refractivity contribution in [1.82, 2.24) is 0 Å². The lowest BCUT2D eigenvalue weighted by Crippen LogP contribution is -2.39. The summed E-state index contributed by atoms with van der Waals surface area (Å²) in [4.78, 5) is 41.6. The summed E-state index contributed by atoms with van der Waals surface area (Å²) in [7, 11) is 0. The van der Waals surface area contributed by atoms with Gasteiger partial charge in [-0.25, -0.2) is 0 Å². The number of hydrogen-bond donors (Lipinski definition) is 1. The van der Waals surface area contributed by atoms with Gasteiger partial charge in [-0.1, -0.05) is 0 Å². The van der Waals surface area contributed by atoms with Crippen LogP contribution >= 0.6 is 0 Å². The molecule has 0 saturated carbocycles. The Morgan fingerprint density at radius 2 is 1.20 bits per heavy atom. The van der Waals surface area contributed by atoms with E-state index in [-0.39, 0.29) is 0 Å². The maximum absolute atomic E-state index is 9.71. The Kier molecular flexibility index (Phi) is 6.63. The van der Waals surface area contributed by atoms with Crippen LogP contribution in [0.15, 0.2) is 16.0 Å². The molecule has 0 unspecified atom stereocenters. The van der Waals surface area contributed by atoms with E-state index in [1.807, 2.05) is 0 Å². The quantitative estimate of drug-likeness (QED) is 0.408. The normalized spacial score (nSPS) is 10.2. The first kappa shape index (κ1) is 13.2. The summed E-state index contributed by atoms with van der Waals surface area (Å²) in [5.41, 5.74) is -1.30. The monoisotopic (exact) mass is 223 g/mol. The van der Waals surface area contributed by atoms with Crippen LogP contribution in [0.5, 0.6) is 0 Å². The van der Waals surface area contributed by atoms with E-state index in [1.165, 1.54) is 0 Å². The summed E-state index contributed by atoms with van der Waals surface area (Å²) in [5, 5.41) is 15.3. The molecule has 0 rings (SSSR count). The van der Waals surface area contributed by atoms with Gasteiger partial charge in [-0.3, -0.25) is 0 Å². The molecule has 10 nitrogen and oxygen atoms in total. The van der Waals surface area contributed by atoms with E-state index >= 15 is 0 Å². The summed E-state index contributed by atoms with van der Waals surface area (Å²) in [5.74, 6) is 0. The van der Waals surface area contributed by atoms with Gasteiger partial charge in [0.15, 0.2) is 16.0 Å². The SMILES string of the molecule is O=NOCC(CO)(CON=O)CON=O. The first-order valence-electron chi connectivity index (χ1n) is 3.69. The van der Waals surface area contributed by atoms with Crippen molar-refractivity contribution in [2.24, 2.45) is 21.4 Å². The average Bonchev–Trinajstić information content (AvgIpc) is 2.29. The minimum absolute atomic E-state index is 0.405. The average molecular weight is 223 g/mol. The maximum Gasteiger partial charge on any atom is 0.155 e. The molecule has 0 spiro atoms. The topological polar surface area (TPSA) is 136 Å². The molecule has 0 saturated heterocycles. The lowest BCUT2D eigenvalue weighted by atomic mass is 9.93. The second-order valence-corrected chi connectivity index (χ2v) is 2.70. The van der Waals surface area contributed by atoms with Crippen LogP contribution in [0.1, 0.15) is 0 Å². The van der Waals surface area contributed by atoms with Crippen molar-refractivity contribution < 1.29 is 19.6 Å². The molecule has 0 radical (unpaired) electrons. The van der Waals surface area contributed by atoms with Crippen LogP contribution in [0, 0.1) is 20.1 Å². The van der Waals surface area contributed by atoms with Gasteiger partial charge in [0.25, 0.3) is 0 Å². The van der Waals surface area contributed by atoms with E-state index in [1.54, 1.807) is 0 Å². The van der Waals surface area contributed by atoms with Crippen LogP contribution in [-0.4, -0.2) is 31.5 Å². The summed E-state index contributed by atoms with van der Waals surface area (Å²) >= 11 is 0. The smallest absolute Gasteiger partial charge is 0.155 e. The Morgan fingerprint density at radius 3 is 1.40 bits per heavy atom. The molecule has 0 atom stereocenters. The van der Waals surface area contributed by atoms with E-state index in [4.69, 9.17) is 5.11 Å². The molecule has 0 bridgehead atoms. The fraction of sp³-hybridized carbons (Fsp3) is 1.00. The standard InChI is InChI=1S/C5H9N3O7/c9-1-5(2-13-6-10,3-14-7-11)4-15-8-12/h9H,1-4H2. The van der Waals surface area contributed by atoms with Gasteiger partial charge in [-0.05, 0) is 0 Å². The molecular weight excluding hydrogens is 214 g/mol. The first-order chi connectivity index (χ1) is 7.24. The third-order valence-electron chi connectivity index (χ3n) is 1.61. The minimum Gasteiger partial charge on any atom is -0.395 e. The number of aliphatic hydroxyl groups excluding tert-OH is 1. The Balaban J connectivity index is 4.34. The van der Waals surface area contributed by atoms with Crippen LogP contribution in [0.2, 0.25) is 0 Å². The summed E-state index contributed by atoms with van der Waals surface area (Å²) in [6.07, 6.45) is 0. The molecule has 1 N–H and O–H groups in total. The van der Waals surface area contributed by atoms with E-state index in [9.17, 15) is 14.7 Å². The van der Waals surface area contributed by atoms with Crippen molar-refractivity contribution in [2.75, 3.05) is 26.4 Å². The molecule has 0 aromatic rings. The zero-order chi connectivity index (χ0) is 11.6. The van der Waals surface area contributed by atoms with E-state index in [0.29, 0.717) is 0 Å². The van der Waals surface area contributed by atoms with Gasteiger partial charge in [0.05, 0.1) is 6.61 Å². The third-order valence-corrected chi connectivity index (χ3v) is 1.61. The minimum atomic E-state index is -1.30. The predicted octanol–water partition coefficient (Wildman–Crippen LogP) is 0.0591. The second-order valence-electron chi connectivity index (χ2n) is 2.70. The lowest BCUT2D eigenvalue weighted by molar-refractivity contribution is -0.0938. The van der Waals surface area contributed by atoms with E-state index in [2.05, 4.69) is 30.5 Å². The van der Waals surface area contributed by atoms with Crippen molar-refractivity contribution in [1.29, 1.82) is 0 Å². The molecule has 0 aromatic carbocycles. The molecule has 86 valence electrons. The van der Waals surface area contributed by atoms with Crippen molar-refractivity contribution in [3.05, 3.63) is 14.7 Å². The third kappa shape index (κ3) is 4.81. The molecule has 0 amide bonds. The molecule has 0 aromatic heterocycles.